The predicted octanol–water partition coefficient (Wildman–Crippen LogP) is 3.71. The summed E-state index contributed by atoms with van der Waals surface area (Å²) in [6.07, 6.45) is 3.11. The maximum Gasteiger partial charge on any atom is 0.232 e. The Morgan fingerprint density at radius 2 is 1.96 bits per heavy atom. The third-order valence-electron chi connectivity index (χ3n) is 5.35. The molecule has 0 saturated heterocycles. The molecule has 5 rings (SSSR count). The zero-order chi connectivity index (χ0) is 19.1. The van der Waals surface area contributed by atoms with E-state index in [0.29, 0.717) is 13.0 Å². The number of carbonyl (C=O) groups is 1. The lowest BCUT2D eigenvalue weighted by molar-refractivity contribution is -0.118. The van der Waals surface area contributed by atoms with E-state index in [4.69, 9.17) is 5.10 Å². The number of aromatic amines is 1. The molecule has 0 bridgehead atoms. The lowest BCUT2D eigenvalue weighted by atomic mass is 10.0. The first-order valence-corrected chi connectivity index (χ1v) is 9.56. The summed E-state index contributed by atoms with van der Waals surface area (Å²) in [6.45, 7) is 3.54. The molecule has 0 fully saturated rings. The second-order valence-electron chi connectivity index (χ2n) is 7.21. The number of anilines is 1. The Morgan fingerprint density at radius 1 is 1.11 bits per heavy atom. The van der Waals surface area contributed by atoms with Crippen molar-refractivity contribution in [2.75, 3.05) is 11.4 Å². The Morgan fingerprint density at radius 3 is 2.82 bits per heavy atom. The normalized spacial score (nSPS) is 13.7. The lowest BCUT2D eigenvalue weighted by Crippen LogP contribution is -2.38. The van der Waals surface area contributed by atoms with Crippen molar-refractivity contribution in [3.8, 4) is 11.1 Å². The number of hydrogen-bond acceptors (Lipinski definition) is 3. The average Bonchev–Trinajstić information content (AvgIpc) is 3.32. The van der Waals surface area contributed by atoms with Crippen molar-refractivity contribution in [1.29, 1.82) is 0 Å². The van der Waals surface area contributed by atoms with Crippen LogP contribution < -0.4 is 4.90 Å². The highest BCUT2D eigenvalue weighted by Crippen LogP contribution is 2.39. The van der Waals surface area contributed by atoms with Gasteiger partial charge in [-0.25, -0.2) is 4.68 Å². The summed E-state index contributed by atoms with van der Waals surface area (Å²) < 4.78 is 1.98. The molecule has 1 amide bonds. The van der Waals surface area contributed by atoms with E-state index in [1.165, 1.54) is 0 Å². The van der Waals surface area contributed by atoms with Gasteiger partial charge in [-0.1, -0.05) is 48.5 Å². The van der Waals surface area contributed by atoms with Crippen molar-refractivity contribution in [1.82, 2.24) is 20.0 Å². The van der Waals surface area contributed by atoms with Crippen LogP contribution in [0.15, 0.2) is 54.7 Å². The van der Waals surface area contributed by atoms with Gasteiger partial charge in [0.05, 0.1) is 23.8 Å². The Labute approximate surface area is 162 Å². The molecule has 0 atom stereocenters. The molecule has 1 aliphatic rings. The van der Waals surface area contributed by atoms with E-state index >= 15 is 0 Å². The van der Waals surface area contributed by atoms with Gasteiger partial charge in [-0.3, -0.25) is 14.8 Å². The minimum absolute atomic E-state index is 0.102. The summed E-state index contributed by atoms with van der Waals surface area (Å²) in [7, 11) is 0. The first kappa shape index (κ1) is 16.7. The Kier molecular flexibility index (Phi) is 3.97. The third kappa shape index (κ3) is 2.69. The topological polar surface area (TPSA) is 66.8 Å². The van der Waals surface area contributed by atoms with Crippen molar-refractivity contribution in [2.45, 2.75) is 26.3 Å². The van der Waals surface area contributed by atoms with E-state index in [0.717, 1.165) is 52.1 Å². The van der Waals surface area contributed by atoms with Gasteiger partial charge >= 0.3 is 0 Å². The summed E-state index contributed by atoms with van der Waals surface area (Å²) in [5, 5.41) is 13.1. The lowest BCUT2D eigenvalue weighted by Gasteiger charge is -2.29. The summed E-state index contributed by atoms with van der Waals surface area (Å²) in [4.78, 5) is 15.1. The molecule has 3 heterocycles. The van der Waals surface area contributed by atoms with E-state index in [1.54, 1.807) is 0 Å². The maximum absolute atomic E-state index is 13.2. The van der Waals surface area contributed by atoms with Gasteiger partial charge in [-0.15, -0.1) is 0 Å². The van der Waals surface area contributed by atoms with Crippen LogP contribution in [0.3, 0.4) is 0 Å². The van der Waals surface area contributed by atoms with Gasteiger partial charge in [-0.2, -0.15) is 10.2 Å². The largest absolute Gasteiger partial charge is 0.296 e. The van der Waals surface area contributed by atoms with Crippen LogP contribution in [-0.2, 0) is 17.8 Å². The first-order chi connectivity index (χ1) is 13.7. The highest BCUT2D eigenvalue weighted by molar-refractivity contribution is 6.02. The Hall–Kier alpha value is -3.41. The molecule has 2 aromatic heterocycles. The molecule has 0 spiro atoms. The summed E-state index contributed by atoms with van der Waals surface area (Å²) in [5.74, 6) is 0.997. The van der Waals surface area contributed by atoms with Crippen LogP contribution in [0, 0.1) is 6.92 Å². The van der Waals surface area contributed by atoms with Crippen LogP contribution >= 0.6 is 0 Å². The van der Waals surface area contributed by atoms with Gasteiger partial charge in [0, 0.05) is 29.6 Å². The molecule has 0 aliphatic carbocycles. The molecule has 2 aromatic carbocycles. The molecule has 6 heteroatoms. The quantitative estimate of drug-likeness (QED) is 0.597. The highest BCUT2D eigenvalue weighted by atomic mass is 16.2. The molecular formula is C22H21N5O. The standard InChI is InChI=1S/C22H21N5O/c1-15-20(18-10-5-9-17-14-23-24-21(17)18)22-26(11-6-12-27(22)25-15)19(28)13-16-7-3-2-4-8-16/h2-5,7-10,14H,6,11-13H2,1H3,(H,23,24). The third-order valence-corrected chi connectivity index (χ3v) is 5.35. The van der Waals surface area contributed by atoms with Gasteiger partial charge in [0.25, 0.3) is 0 Å². The van der Waals surface area contributed by atoms with E-state index in [1.807, 2.05) is 65.2 Å². The van der Waals surface area contributed by atoms with Gasteiger partial charge in [-0.05, 0) is 18.9 Å². The van der Waals surface area contributed by atoms with E-state index in [-0.39, 0.29) is 5.91 Å². The van der Waals surface area contributed by atoms with Crippen LogP contribution in [0.4, 0.5) is 5.82 Å². The molecule has 0 unspecified atom stereocenters. The fourth-order valence-electron chi connectivity index (χ4n) is 4.09. The van der Waals surface area contributed by atoms with Crippen molar-refractivity contribution < 1.29 is 4.79 Å². The van der Waals surface area contributed by atoms with Gasteiger partial charge in [0.15, 0.2) is 0 Å². The average molecular weight is 371 g/mol. The number of hydrogen-bond donors (Lipinski definition) is 1. The molecule has 4 aromatic rings. The summed E-state index contributed by atoms with van der Waals surface area (Å²) in [6, 6.07) is 16.0. The molecule has 0 radical (unpaired) electrons. The van der Waals surface area contributed by atoms with Crippen LogP contribution in [0.25, 0.3) is 22.0 Å². The van der Waals surface area contributed by atoms with Gasteiger partial charge < -0.3 is 0 Å². The van der Waals surface area contributed by atoms with Crippen LogP contribution in [0.2, 0.25) is 0 Å². The van der Waals surface area contributed by atoms with Crippen LogP contribution in [-0.4, -0.2) is 32.4 Å². The zero-order valence-corrected chi connectivity index (χ0v) is 15.7. The zero-order valence-electron chi connectivity index (χ0n) is 15.7. The number of amides is 1. The van der Waals surface area contributed by atoms with Crippen LogP contribution in [0.5, 0.6) is 0 Å². The minimum atomic E-state index is 0.102. The summed E-state index contributed by atoms with van der Waals surface area (Å²) >= 11 is 0. The number of aromatic nitrogens is 4. The number of carbonyl (C=O) groups excluding carboxylic acids is 1. The fourth-order valence-corrected chi connectivity index (χ4v) is 4.09. The van der Waals surface area contributed by atoms with Gasteiger partial charge in [0.1, 0.15) is 5.82 Å². The van der Waals surface area contributed by atoms with Gasteiger partial charge in [0.2, 0.25) is 5.91 Å². The number of fused-ring (bicyclic) bond motifs is 2. The van der Waals surface area contributed by atoms with Crippen molar-refractivity contribution >= 4 is 22.6 Å². The predicted molar refractivity (Wildman–Crippen MR) is 109 cm³/mol. The monoisotopic (exact) mass is 371 g/mol. The maximum atomic E-state index is 13.2. The second-order valence-corrected chi connectivity index (χ2v) is 7.21. The molecule has 1 aliphatic heterocycles. The Bertz CT molecular complexity index is 1160. The molecule has 28 heavy (non-hydrogen) atoms. The Balaban J connectivity index is 1.61. The van der Waals surface area contributed by atoms with E-state index < -0.39 is 0 Å². The minimum Gasteiger partial charge on any atom is -0.296 e. The van der Waals surface area contributed by atoms with E-state index in [9.17, 15) is 4.79 Å². The number of rotatable bonds is 3. The van der Waals surface area contributed by atoms with Crippen molar-refractivity contribution in [3.05, 3.63) is 66.0 Å². The number of para-hydroxylation sites is 1. The van der Waals surface area contributed by atoms with Crippen molar-refractivity contribution in [2.24, 2.45) is 0 Å². The SMILES string of the molecule is Cc1nn2c(c1-c1cccc3cn[nH]c13)N(C(=O)Cc1ccccc1)CCC2. The fraction of sp³-hybridized carbons (Fsp3) is 0.227. The van der Waals surface area contributed by atoms with Crippen LogP contribution in [0.1, 0.15) is 17.7 Å². The number of aryl methyl sites for hydroxylation is 2. The number of H-pyrrole nitrogens is 1. The molecule has 6 nitrogen and oxygen atoms in total. The first-order valence-electron chi connectivity index (χ1n) is 9.56. The number of benzene rings is 2. The molecular weight excluding hydrogens is 350 g/mol. The second kappa shape index (κ2) is 6.64. The molecule has 140 valence electrons. The summed E-state index contributed by atoms with van der Waals surface area (Å²) in [5.41, 5.74) is 4.97. The van der Waals surface area contributed by atoms with Crippen molar-refractivity contribution in [3.63, 3.8) is 0 Å². The number of nitrogens with one attached hydrogen (secondary N) is 1. The van der Waals surface area contributed by atoms with E-state index in [2.05, 4.69) is 16.3 Å². The number of nitrogens with zero attached hydrogens (tertiary/aromatic N) is 4. The molecule has 0 saturated carbocycles. The highest BCUT2D eigenvalue weighted by Gasteiger charge is 2.30. The molecule has 1 N–H and O–H groups in total. The smallest absolute Gasteiger partial charge is 0.232 e.